The van der Waals surface area contributed by atoms with Crippen molar-refractivity contribution in [2.75, 3.05) is 12.8 Å². The molecule has 110 valence electrons. The molecule has 0 unspecified atom stereocenters. The number of nitrogens with one attached hydrogen (secondary N) is 1. The Morgan fingerprint density at radius 2 is 1.86 bits per heavy atom. The van der Waals surface area contributed by atoms with E-state index in [9.17, 15) is 13.6 Å². The molecule has 1 amide bonds. The molecule has 0 radical (unpaired) electrons. The monoisotopic (exact) mass is 292 g/mol. The number of benzene rings is 2. The number of nitrogens with two attached hydrogens (primary N) is 1. The van der Waals surface area contributed by atoms with E-state index in [1.807, 2.05) is 0 Å². The van der Waals surface area contributed by atoms with Gasteiger partial charge in [0, 0.05) is 17.7 Å². The van der Waals surface area contributed by atoms with Crippen molar-refractivity contribution < 1.29 is 18.3 Å². The van der Waals surface area contributed by atoms with Gasteiger partial charge in [0.05, 0.1) is 7.11 Å². The maximum atomic E-state index is 13.3. The summed E-state index contributed by atoms with van der Waals surface area (Å²) in [4.78, 5) is 11.9. The van der Waals surface area contributed by atoms with E-state index in [1.54, 1.807) is 24.3 Å². The summed E-state index contributed by atoms with van der Waals surface area (Å²) in [6, 6.07) is 8.93. The van der Waals surface area contributed by atoms with Crippen LogP contribution in [0.15, 0.2) is 36.4 Å². The summed E-state index contributed by atoms with van der Waals surface area (Å²) in [6.07, 6.45) is 0. The summed E-state index contributed by atoms with van der Waals surface area (Å²) in [5, 5.41) is 2.57. The molecule has 0 spiro atoms. The summed E-state index contributed by atoms with van der Waals surface area (Å²) in [7, 11) is 1.52. The number of para-hydroxylation sites is 1. The van der Waals surface area contributed by atoms with Gasteiger partial charge in [-0.3, -0.25) is 4.79 Å². The molecule has 0 bridgehead atoms. The topological polar surface area (TPSA) is 64.3 Å². The van der Waals surface area contributed by atoms with Crippen LogP contribution < -0.4 is 15.8 Å². The Morgan fingerprint density at radius 1 is 1.24 bits per heavy atom. The van der Waals surface area contributed by atoms with Gasteiger partial charge in [-0.1, -0.05) is 18.2 Å². The maximum absolute atomic E-state index is 13.3. The smallest absolute Gasteiger partial charge is 0.251 e. The van der Waals surface area contributed by atoms with Gasteiger partial charge in [-0.05, 0) is 18.2 Å². The average Bonchev–Trinajstić information content (AvgIpc) is 2.49. The summed E-state index contributed by atoms with van der Waals surface area (Å²) >= 11 is 0. The first kappa shape index (κ1) is 14.8. The molecule has 0 saturated carbocycles. The quantitative estimate of drug-likeness (QED) is 0.851. The van der Waals surface area contributed by atoms with Gasteiger partial charge < -0.3 is 15.8 Å². The molecular weight excluding hydrogens is 278 g/mol. The Kier molecular flexibility index (Phi) is 4.37. The molecule has 0 aromatic heterocycles. The molecule has 0 aliphatic heterocycles. The lowest BCUT2D eigenvalue weighted by atomic mass is 10.1. The van der Waals surface area contributed by atoms with Crippen LogP contribution in [0.2, 0.25) is 0 Å². The van der Waals surface area contributed by atoms with Crippen LogP contribution in [-0.4, -0.2) is 13.0 Å². The molecule has 3 N–H and O–H groups in total. The van der Waals surface area contributed by atoms with Crippen molar-refractivity contribution in [3.63, 3.8) is 0 Å². The summed E-state index contributed by atoms with van der Waals surface area (Å²) in [5.74, 6) is -1.90. The van der Waals surface area contributed by atoms with Crippen LogP contribution in [0, 0.1) is 11.6 Å². The first-order chi connectivity index (χ1) is 10.0. The normalized spacial score (nSPS) is 10.2. The zero-order valence-electron chi connectivity index (χ0n) is 11.3. The molecule has 2 aromatic rings. The number of methoxy groups -OCH3 is 1. The third-order valence-electron chi connectivity index (χ3n) is 2.97. The Bertz CT molecular complexity index is 651. The van der Waals surface area contributed by atoms with Crippen molar-refractivity contribution in [3.8, 4) is 5.75 Å². The fraction of sp³-hybridized carbons (Fsp3) is 0.133. The Morgan fingerprint density at radius 3 is 2.48 bits per heavy atom. The van der Waals surface area contributed by atoms with Crippen LogP contribution in [-0.2, 0) is 6.54 Å². The second kappa shape index (κ2) is 6.21. The minimum Gasteiger partial charge on any atom is -0.496 e. The summed E-state index contributed by atoms with van der Waals surface area (Å²) in [5.41, 5.74) is 5.18. The first-order valence-electron chi connectivity index (χ1n) is 6.17. The van der Waals surface area contributed by atoms with Crippen LogP contribution in [0.5, 0.6) is 5.75 Å². The summed E-state index contributed by atoms with van der Waals surface area (Å²) in [6.45, 7) is 0.177. The molecule has 0 atom stereocenters. The number of carbonyl (C=O) groups excluding carboxylic acids is 1. The van der Waals surface area contributed by atoms with E-state index < -0.39 is 23.2 Å². The lowest BCUT2D eigenvalue weighted by molar-refractivity contribution is 0.0950. The number of anilines is 1. The highest BCUT2D eigenvalue weighted by atomic mass is 19.1. The Hall–Kier alpha value is -2.63. The zero-order chi connectivity index (χ0) is 15.4. The number of amides is 1. The van der Waals surface area contributed by atoms with Crippen molar-refractivity contribution in [3.05, 3.63) is 59.2 Å². The highest BCUT2D eigenvalue weighted by Crippen LogP contribution is 2.19. The third kappa shape index (κ3) is 3.28. The molecule has 0 heterocycles. The first-order valence-corrected chi connectivity index (χ1v) is 6.17. The minimum absolute atomic E-state index is 0.130. The molecule has 2 rings (SSSR count). The predicted molar refractivity (Wildman–Crippen MR) is 74.9 cm³/mol. The van der Waals surface area contributed by atoms with E-state index in [4.69, 9.17) is 10.5 Å². The second-order valence-electron chi connectivity index (χ2n) is 4.35. The van der Waals surface area contributed by atoms with Crippen LogP contribution >= 0.6 is 0 Å². The van der Waals surface area contributed by atoms with E-state index in [2.05, 4.69) is 5.32 Å². The van der Waals surface area contributed by atoms with Crippen LogP contribution in [0.3, 0.4) is 0 Å². The largest absolute Gasteiger partial charge is 0.496 e. The van der Waals surface area contributed by atoms with Crippen LogP contribution in [0.25, 0.3) is 0 Å². The molecule has 0 fully saturated rings. The van der Waals surface area contributed by atoms with Gasteiger partial charge >= 0.3 is 0 Å². The fourth-order valence-electron chi connectivity index (χ4n) is 1.84. The van der Waals surface area contributed by atoms with Crippen molar-refractivity contribution >= 4 is 11.6 Å². The average molecular weight is 292 g/mol. The molecule has 0 aliphatic carbocycles. The van der Waals surface area contributed by atoms with E-state index in [0.29, 0.717) is 5.75 Å². The Balaban J connectivity index is 2.12. The van der Waals surface area contributed by atoms with E-state index >= 15 is 0 Å². The van der Waals surface area contributed by atoms with Gasteiger partial charge in [-0.2, -0.15) is 0 Å². The van der Waals surface area contributed by atoms with Crippen LogP contribution in [0.4, 0.5) is 14.5 Å². The molecule has 0 saturated heterocycles. The van der Waals surface area contributed by atoms with Crippen LogP contribution in [0.1, 0.15) is 15.9 Å². The summed E-state index contributed by atoms with van der Waals surface area (Å²) < 4.78 is 31.8. The molecule has 2 aromatic carbocycles. The lowest BCUT2D eigenvalue weighted by Gasteiger charge is -2.10. The Labute approximate surface area is 120 Å². The lowest BCUT2D eigenvalue weighted by Crippen LogP contribution is -2.23. The van der Waals surface area contributed by atoms with Crippen molar-refractivity contribution in [1.29, 1.82) is 0 Å². The highest BCUT2D eigenvalue weighted by molar-refractivity contribution is 5.94. The minimum atomic E-state index is -0.961. The van der Waals surface area contributed by atoms with Gasteiger partial charge in [0.15, 0.2) is 0 Å². The molecule has 21 heavy (non-hydrogen) atoms. The number of hydrogen-bond acceptors (Lipinski definition) is 3. The van der Waals surface area contributed by atoms with E-state index in [1.165, 1.54) is 7.11 Å². The van der Waals surface area contributed by atoms with Crippen molar-refractivity contribution in [1.82, 2.24) is 5.32 Å². The SMILES string of the molecule is COc1ccccc1CNC(=O)c1cc(F)c(N)c(F)c1. The molecule has 4 nitrogen and oxygen atoms in total. The second-order valence-corrected chi connectivity index (χ2v) is 4.35. The molecular formula is C15H14F2N2O2. The predicted octanol–water partition coefficient (Wildman–Crippen LogP) is 2.49. The number of hydrogen-bond donors (Lipinski definition) is 2. The third-order valence-corrected chi connectivity index (χ3v) is 2.97. The highest BCUT2D eigenvalue weighted by Gasteiger charge is 2.13. The zero-order valence-corrected chi connectivity index (χ0v) is 11.3. The van der Waals surface area contributed by atoms with E-state index in [-0.39, 0.29) is 12.1 Å². The van der Waals surface area contributed by atoms with Crippen molar-refractivity contribution in [2.24, 2.45) is 0 Å². The van der Waals surface area contributed by atoms with Gasteiger partial charge in [-0.25, -0.2) is 8.78 Å². The standard InChI is InChI=1S/C15H14F2N2O2/c1-21-13-5-3-2-4-9(13)8-19-15(20)10-6-11(16)14(18)12(17)7-10/h2-7H,8,18H2,1H3,(H,19,20). The fourth-order valence-corrected chi connectivity index (χ4v) is 1.84. The number of carbonyl (C=O) groups is 1. The molecule has 6 heteroatoms. The number of ether oxygens (including phenoxy) is 1. The van der Waals surface area contributed by atoms with Gasteiger partial charge in [0.2, 0.25) is 0 Å². The maximum Gasteiger partial charge on any atom is 0.251 e. The molecule has 0 aliphatic rings. The number of nitrogen functional groups attached to an aromatic ring is 1. The number of halogens is 2. The number of rotatable bonds is 4. The van der Waals surface area contributed by atoms with Crippen molar-refractivity contribution in [2.45, 2.75) is 6.54 Å². The van der Waals surface area contributed by atoms with Gasteiger partial charge in [0.25, 0.3) is 5.91 Å². The van der Waals surface area contributed by atoms with E-state index in [0.717, 1.165) is 17.7 Å². The van der Waals surface area contributed by atoms with Gasteiger partial charge in [0.1, 0.15) is 23.1 Å². The van der Waals surface area contributed by atoms with Gasteiger partial charge in [-0.15, -0.1) is 0 Å².